The quantitative estimate of drug-likeness (QED) is 0.170. The van der Waals surface area contributed by atoms with E-state index in [0.717, 1.165) is 42.5 Å². The monoisotopic (exact) mass is 654 g/mol. The second-order valence-corrected chi connectivity index (χ2v) is 12.3. The van der Waals surface area contributed by atoms with Gasteiger partial charge in [-0.3, -0.25) is 29.3 Å². The molecule has 12 nitrogen and oxygen atoms in total. The van der Waals surface area contributed by atoms with E-state index in [1.165, 1.54) is 49.9 Å². The smallest absolute Gasteiger partial charge is 0.276 e. The third kappa shape index (κ3) is 8.11. The number of nitrogens with one attached hydrogen (secondary N) is 2. The van der Waals surface area contributed by atoms with Crippen LogP contribution >= 0.6 is 0 Å². The van der Waals surface area contributed by atoms with Crippen LogP contribution in [0.15, 0.2) is 76.3 Å². The molecule has 1 fully saturated rings. The number of amides is 2. The second-order valence-electron chi connectivity index (χ2n) is 12.3. The molecular weight excluding hydrogens is 612 g/mol. The summed E-state index contributed by atoms with van der Waals surface area (Å²) in [4.78, 5) is 64.9. The van der Waals surface area contributed by atoms with E-state index in [4.69, 9.17) is 14.9 Å². The van der Waals surface area contributed by atoms with Crippen molar-refractivity contribution in [3.8, 4) is 5.75 Å². The Hall–Kier alpha value is -4.97. The zero-order valence-corrected chi connectivity index (χ0v) is 27.6. The number of ether oxygens (including phenoxy) is 1. The molecule has 1 aliphatic heterocycles. The molecule has 3 N–H and O–H groups in total. The van der Waals surface area contributed by atoms with Gasteiger partial charge in [0, 0.05) is 25.5 Å². The molecule has 2 aromatic heterocycles. The summed E-state index contributed by atoms with van der Waals surface area (Å²) in [6.07, 6.45) is 14.1. The van der Waals surface area contributed by atoms with Crippen molar-refractivity contribution >= 4 is 40.7 Å². The summed E-state index contributed by atoms with van der Waals surface area (Å²) in [6, 6.07) is 6.56. The van der Waals surface area contributed by atoms with Crippen molar-refractivity contribution in [2.75, 3.05) is 23.4 Å². The molecule has 0 aromatic carbocycles. The van der Waals surface area contributed by atoms with Crippen molar-refractivity contribution in [1.82, 2.24) is 15.4 Å². The Morgan fingerprint density at radius 3 is 2.42 bits per heavy atom. The van der Waals surface area contributed by atoms with Crippen LogP contribution in [-0.4, -0.2) is 57.4 Å². The molecular formula is C36H42N6O6. The van der Waals surface area contributed by atoms with Crippen molar-refractivity contribution in [2.24, 2.45) is 16.8 Å². The first-order valence-corrected chi connectivity index (χ1v) is 16.5. The van der Waals surface area contributed by atoms with Crippen LogP contribution in [0.1, 0.15) is 82.5 Å². The largest absolute Gasteiger partial charge is 0.490 e. The normalized spacial score (nSPS) is 23.4. The van der Waals surface area contributed by atoms with Crippen molar-refractivity contribution in [2.45, 2.75) is 72.1 Å². The van der Waals surface area contributed by atoms with E-state index >= 15 is 0 Å². The maximum atomic E-state index is 13.1. The number of fused-ring (bicyclic) bond motifs is 1. The lowest BCUT2D eigenvalue weighted by Gasteiger charge is -2.30. The molecule has 5 rings (SSSR count). The number of hydrogen-bond donors (Lipinski definition) is 3. The first-order chi connectivity index (χ1) is 23.2. The van der Waals surface area contributed by atoms with Gasteiger partial charge in [-0.25, -0.2) is 20.4 Å². The van der Waals surface area contributed by atoms with Crippen molar-refractivity contribution in [3.05, 3.63) is 76.9 Å². The molecule has 12 heteroatoms. The summed E-state index contributed by atoms with van der Waals surface area (Å²) in [6.45, 7) is 5.14. The van der Waals surface area contributed by atoms with Gasteiger partial charge in [0.2, 0.25) is 5.91 Å². The fraction of sp³-hybridized carbons (Fsp3) is 0.417. The summed E-state index contributed by atoms with van der Waals surface area (Å²) < 4.78 is 5.87. The molecule has 3 heterocycles. The van der Waals surface area contributed by atoms with Gasteiger partial charge in [-0.15, -0.1) is 0 Å². The van der Waals surface area contributed by atoms with E-state index in [2.05, 4.69) is 27.4 Å². The van der Waals surface area contributed by atoms with Gasteiger partial charge in [-0.05, 0) is 93.4 Å². The number of carbonyl (C=O) groups excluding carboxylic acids is 4. The SMILES string of the molecule is CC(=O)/C1=C(C)/C2=C/CC/C=C(Nc3ccc(OCCN(C(C)=O)c4ccc(C(=O)NO)cn4)cn3)/N=C\2C(C2CCCC2)CCC1=O. The van der Waals surface area contributed by atoms with E-state index in [1.807, 2.05) is 6.92 Å². The van der Waals surface area contributed by atoms with Crippen molar-refractivity contribution in [1.29, 1.82) is 0 Å². The van der Waals surface area contributed by atoms with E-state index < -0.39 is 5.91 Å². The fourth-order valence-corrected chi connectivity index (χ4v) is 6.77. The second kappa shape index (κ2) is 15.7. The summed E-state index contributed by atoms with van der Waals surface area (Å²) in [5.74, 6) is 1.48. The van der Waals surface area contributed by atoms with E-state index in [0.29, 0.717) is 47.5 Å². The maximum Gasteiger partial charge on any atom is 0.276 e. The molecule has 3 aliphatic rings. The van der Waals surface area contributed by atoms with Crippen LogP contribution in [0.3, 0.4) is 0 Å². The number of rotatable bonds is 10. The number of aromatic nitrogens is 2. The van der Waals surface area contributed by atoms with Gasteiger partial charge in [0.05, 0.1) is 29.6 Å². The Kier molecular flexibility index (Phi) is 11.3. The van der Waals surface area contributed by atoms with E-state index in [1.54, 1.807) is 23.8 Å². The highest BCUT2D eigenvalue weighted by atomic mass is 16.5. The minimum Gasteiger partial charge on any atom is -0.490 e. The van der Waals surface area contributed by atoms with Gasteiger partial charge < -0.3 is 10.1 Å². The first-order valence-electron chi connectivity index (χ1n) is 16.5. The van der Waals surface area contributed by atoms with Gasteiger partial charge >= 0.3 is 0 Å². The minimum atomic E-state index is -0.696. The number of aliphatic imine (C=N–C) groups is 1. The van der Waals surface area contributed by atoms with Crippen LogP contribution in [0.2, 0.25) is 0 Å². The van der Waals surface area contributed by atoms with Crippen LogP contribution < -0.4 is 20.4 Å². The minimum absolute atomic E-state index is 0.0700. The average Bonchev–Trinajstić information content (AvgIpc) is 3.59. The lowest BCUT2D eigenvalue weighted by atomic mass is 9.75. The molecule has 1 saturated carbocycles. The number of hydroxylamine groups is 1. The van der Waals surface area contributed by atoms with Gasteiger partial charge in [-0.2, -0.15) is 0 Å². The highest BCUT2D eigenvalue weighted by Gasteiger charge is 2.35. The van der Waals surface area contributed by atoms with Gasteiger partial charge in [0.15, 0.2) is 11.6 Å². The van der Waals surface area contributed by atoms with Gasteiger partial charge in [0.25, 0.3) is 5.91 Å². The van der Waals surface area contributed by atoms with Crippen molar-refractivity contribution in [3.63, 3.8) is 0 Å². The Labute approximate surface area is 280 Å². The molecule has 1 unspecified atom stereocenters. The number of ketones is 2. The predicted octanol–water partition coefficient (Wildman–Crippen LogP) is 5.52. The van der Waals surface area contributed by atoms with Crippen molar-refractivity contribution < 1.29 is 29.1 Å². The zero-order valence-electron chi connectivity index (χ0n) is 27.6. The fourth-order valence-electron chi connectivity index (χ4n) is 6.77. The van der Waals surface area contributed by atoms with Crippen LogP contribution in [-0.2, 0) is 14.4 Å². The van der Waals surface area contributed by atoms with Crippen LogP contribution in [0.4, 0.5) is 11.6 Å². The summed E-state index contributed by atoms with van der Waals surface area (Å²) in [7, 11) is 0. The van der Waals surface area contributed by atoms with Crippen LogP contribution in [0.5, 0.6) is 5.75 Å². The average molecular weight is 655 g/mol. The van der Waals surface area contributed by atoms with E-state index in [-0.39, 0.29) is 42.1 Å². The first kappa shape index (κ1) is 34.4. The zero-order chi connectivity index (χ0) is 34.2. The van der Waals surface area contributed by atoms with Gasteiger partial charge in [-0.1, -0.05) is 18.9 Å². The Morgan fingerprint density at radius 2 is 1.77 bits per heavy atom. The lowest BCUT2D eigenvalue weighted by molar-refractivity contribution is -0.121. The Morgan fingerprint density at radius 1 is 1.00 bits per heavy atom. The topological polar surface area (TPSA) is 163 Å². The molecule has 0 spiro atoms. The molecule has 2 aromatic rings. The molecule has 2 aliphatic carbocycles. The number of allylic oxidation sites excluding steroid dienone is 5. The molecule has 1 atom stereocenters. The highest BCUT2D eigenvalue weighted by molar-refractivity contribution is 6.23. The molecule has 252 valence electrons. The number of hydrogen-bond acceptors (Lipinski definition) is 10. The van der Waals surface area contributed by atoms with Crippen LogP contribution in [0, 0.1) is 11.8 Å². The summed E-state index contributed by atoms with van der Waals surface area (Å²) in [5, 5.41) is 12.2. The third-order valence-corrected chi connectivity index (χ3v) is 9.13. The molecule has 2 amide bonds. The van der Waals surface area contributed by atoms with Crippen LogP contribution in [0.25, 0.3) is 0 Å². The maximum absolute atomic E-state index is 13.1. The standard InChI is InChI=1S/C36H42N6O6/c1-22-28-10-6-7-11-32(40-35(28)29(25-8-4-5-9-25)14-15-30(45)34(22)23(2)43)39-31-16-13-27(21-37-31)48-19-18-42(24(3)44)33-17-12-26(20-38-33)36(46)41-47/h10-13,16-17,20-21,25,29,47H,4-9,14-15,18-19H2,1-3H3,(H,37,39)(H,41,46)/b28-10-,32-11+,34-22-,40-35+. The number of pyridine rings is 2. The Balaban J connectivity index is 1.30. The third-order valence-electron chi connectivity index (χ3n) is 9.13. The molecule has 0 saturated heterocycles. The number of anilines is 2. The Bertz CT molecular complexity index is 1670. The van der Waals surface area contributed by atoms with Gasteiger partial charge in [0.1, 0.15) is 29.8 Å². The predicted molar refractivity (Wildman–Crippen MR) is 181 cm³/mol. The van der Waals surface area contributed by atoms with E-state index in [9.17, 15) is 19.2 Å². The number of nitrogens with zero attached hydrogens (tertiary/aromatic N) is 4. The molecule has 0 radical (unpaired) electrons. The summed E-state index contributed by atoms with van der Waals surface area (Å²) >= 11 is 0. The number of Topliss-reactive ketones (excluding diaryl/α,β-unsaturated/α-hetero) is 2. The number of carbonyl (C=O) groups is 4. The molecule has 48 heavy (non-hydrogen) atoms. The summed E-state index contributed by atoms with van der Waals surface area (Å²) in [5.41, 5.74) is 4.58. The molecule has 0 bridgehead atoms. The highest BCUT2D eigenvalue weighted by Crippen LogP contribution is 2.40. The lowest BCUT2D eigenvalue weighted by Crippen LogP contribution is -2.33.